The minimum atomic E-state index is -0.304. The van der Waals surface area contributed by atoms with E-state index in [0.717, 1.165) is 0 Å². The smallest absolute Gasteiger partial charge is 0.268 e. The zero-order valence-corrected chi connectivity index (χ0v) is 10.6. The molecule has 3 N–H and O–H groups in total. The Kier molecular flexibility index (Phi) is 4.89. The SMILES string of the molecule is CC(C)C(C)SCc1occc1C(=O)NN. The molecule has 5 heteroatoms. The molecule has 1 aromatic rings. The highest BCUT2D eigenvalue weighted by Crippen LogP contribution is 2.25. The van der Waals surface area contributed by atoms with Crippen LogP contribution in [-0.2, 0) is 5.75 Å². The summed E-state index contributed by atoms with van der Waals surface area (Å²) in [5, 5.41) is 0.527. The third-order valence-electron chi connectivity index (χ3n) is 2.54. The van der Waals surface area contributed by atoms with Crippen LogP contribution >= 0.6 is 11.8 Å². The Balaban J connectivity index is 2.61. The molecular weight excluding hydrogens is 224 g/mol. The maximum absolute atomic E-state index is 11.4. The van der Waals surface area contributed by atoms with E-state index in [4.69, 9.17) is 10.3 Å². The molecule has 0 saturated heterocycles. The number of hydrazine groups is 1. The first kappa shape index (κ1) is 13.1. The topological polar surface area (TPSA) is 68.3 Å². The molecule has 1 heterocycles. The van der Waals surface area contributed by atoms with Gasteiger partial charge in [-0.15, -0.1) is 0 Å². The van der Waals surface area contributed by atoms with E-state index in [1.54, 1.807) is 17.8 Å². The van der Waals surface area contributed by atoms with Crippen molar-refractivity contribution in [1.82, 2.24) is 5.43 Å². The molecule has 0 fully saturated rings. The van der Waals surface area contributed by atoms with E-state index in [2.05, 4.69) is 26.2 Å². The molecule has 0 saturated carbocycles. The van der Waals surface area contributed by atoms with Gasteiger partial charge in [-0.25, -0.2) is 5.84 Å². The molecule has 0 radical (unpaired) electrons. The Labute approximate surface area is 99.9 Å². The fraction of sp³-hybridized carbons (Fsp3) is 0.545. The highest BCUT2D eigenvalue weighted by atomic mass is 32.2. The lowest BCUT2D eigenvalue weighted by Gasteiger charge is -2.14. The summed E-state index contributed by atoms with van der Waals surface area (Å²) < 4.78 is 5.28. The Morgan fingerprint density at radius 1 is 1.56 bits per heavy atom. The van der Waals surface area contributed by atoms with Gasteiger partial charge in [0.1, 0.15) is 5.76 Å². The molecule has 0 spiro atoms. The Hall–Kier alpha value is -0.940. The number of rotatable bonds is 5. The van der Waals surface area contributed by atoms with Crippen molar-refractivity contribution in [2.75, 3.05) is 0 Å². The summed E-state index contributed by atoms with van der Waals surface area (Å²) in [5.74, 6) is 6.76. The third kappa shape index (κ3) is 3.28. The van der Waals surface area contributed by atoms with Crippen LogP contribution in [-0.4, -0.2) is 11.2 Å². The Morgan fingerprint density at radius 2 is 2.25 bits per heavy atom. The molecule has 0 aromatic carbocycles. The van der Waals surface area contributed by atoms with Crippen molar-refractivity contribution in [1.29, 1.82) is 0 Å². The van der Waals surface area contributed by atoms with E-state index in [-0.39, 0.29) is 5.91 Å². The predicted octanol–water partition coefficient (Wildman–Crippen LogP) is 2.16. The van der Waals surface area contributed by atoms with E-state index in [1.807, 2.05) is 0 Å². The van der Waals surface area contributed by atoms with Gasteiger partial charge in [-0.3, -0.25) is 10.2 Å². The highest BCUT2D eigenvalue weighted by molar-refractivity contribution is 7.99. The van der Waals surface area contributed by atoms with Crippen LogP contribution in [0.2, 0.25) is 0 Å². The van der Waals surface area contributed by atoms with Gasteiger partial charge in [-0.2, -0.15) is 11.8 Å². The average molecular weight is 242 g/mol. The minimum Gasteiger partial charge on any atom is -0.468 e. The second kappa shape index (κ2) is 5.96. The summed E-state index contributed by atoms with van der Waals surface area (Å²) >= 11 is 1.77. The van der Waals surface area contributed by atoms with Crippen LogP contribution in [0.4, 0.5) is 0 Å². The van der Waals surface area contributed by atoms with Gasteiger partial charge in [0.15, 0.2) is 0 Å². The van der Waals surface area contributed by atoms with Gasteiger partial charge in [-0.05, 0) is 12.0 Å². The van der Waals surface area contributed by atoms with Crippen LogP contribution in [0.3, 0.4) is 0 Å². The van der Waals surface area contributed by atoms with Crippen molar-refractivity contribution >= 4 is 17.7 Å². The van der Waals surface area contributed by atoms with Crippen LogP contribution in [0.1, 0.15) is 36.9 Å². The number of hydrogen-bond donors (Lipinski definition) is 2. The van der Waals surface area contributed by atoms with Crippen LogP contribution in [0.5, 0.6) is 0 Å². The standard InChI is InChI=1S/C11H18N2O2S/c1-7(2)8(3)16-6-10-9(4-5-15-10)11(14)13-12/h4-5,7-8H,6,12H2,1-3H3,(H,13,14). The van der Waals surface area contributed by atoms with Gasteiger partial charge < -0.3 is 4.42 Å². The maximum atomic E-state index is 11.4. The summed E-state index contributed by atoms with van der Waals surface area (Å²) in [6.45, 7) is 6.52. The molecule has 1 amide bonds. The lowest BCUT2D eigenvalue weighted by atomic mass is 10.2. The molecule has 0 aliphatic carbocycles. The van der Waals surface area contributed by atoms with Crippen molar-refractivity contribution in [3.63, 3.8) is 0 Å². The predicted molar refractivity (Wildman–Crippen MR) is 66.0 cm³/mol. The molecule has 0 bridgehead atoms. The summed E-state index contributed by atoms with van der Waals surface area (Å²) in [5.41, 5.74) is 2.63. The zero-order chi connectivity index (χ0) is 12.1. The number of furan rings is 1. The number of carbonyl (C=O) groups is 1. The quantitative estimate of drug-likeness (QED) is 0.471. The first-order valence-corrected chi connectivity index (χ1v) is 6.30. The molecule has 16 heavy (non-hydrogen) atoms. The second-order valence-electron chi connectivity index (χ2n) is 3.99. The van der Waals surface area contributed by atoms with Gasteiger partial charge in [-0.1, -0.05) is 20.8 Å². The molecule has 4 nitrogen and oxygen atoms in total. The minimum absolute atomic E-state index is 0.304. The van der Waals surface area contributed by atoms with Gasteiger partial charge in [0.25, 0.3) is 5.91 Å². The van der Waals surface area contributed by atoms with Crippen molar-refractivity contribution in [2.24, 2.45) is 11.8 Å². The number of thioether (sulfide) groups is 1. The highest BCUT2D eigenvalue weighted by Gasteiger charge is 2.15. The fourth-order valence-electron chi connectivity index (χ4n) is 1.13. The molecule has 90 valence electrons. The zero-order valence-electron chi connectivity index (χ0n) is 9.82. The summed E-state index contributed by atoms with van der Waals surface area (Å²) in [4.78, 5) is 11.4. The van der Waals surface area contributed by atoms with E-state index in [0.29, 0.717) is 28.2 Å². The van der Waals surface area contributed by atoms with Crippen molar-refractivity contribution in [3.8, 4) is 0 Å². The van der Waals surface area contributed by atoms with E-state index < -0.39 is 0 Å². The Morgan fingerprint density at radius 3 is 2.81 bits per heavy atom. The number of nitrogen functional groups attached to an aromatic ring is 1. The second-order valence-corrected chi connectivity index (χ2v) is 5.36. The van der Waals surface area contributed by atoms with Gasteiger partial charge >= 0.3 is 0 Å². The van der Waals surface area contributed by atoms with Gasteiger partial charge in [0.2, 0.25) is 0 Å². The van der Waals surface area contributed by atoms with Crippen LogP contribution in [0.25, 0.3) is 0 Å². The van der Waals surface area contributed by atoms with Crippen LogP contribution in [0.15, 0.2) is 16.7 Å². The van der Waals surface area contributed by atoms with Crippen molar-refractivity contribution in [2.45, 2.75) is 31.8 Å². The normalized spacial score (nSPS) is 12.8. The van der Waals surface area contributed by atoms with Crippen molar-refractivity contribution in [3.05, 3.63) is 23.7 Å². The molecule has 0 aliphatic heterocycles. The lowest BCUT2D eigenvalue weighted by Crippen LogP contribution is -2.30. The summed E-state index contributed by atoms with van der Waals surface area (Å²) in [7, 11) is 0. The van der Waals surface area contributed by atoms with Crippen LogP contribution < -0.4 is 11.3 Å². The number of nitrogens with one attached hydrogen (secondary N) is 1. The summed E-state index contributed by atoms with van der Waals surface area (Å²) in [6.07, 6.45) is 1.51. The van der Waals surface area contributed by atoms with E-state index in [1.165, 1.54) is 6.26 Å². The Bertz CT molecular complexity index is 350. The fourth-order valence-corrected chi connectivity index (χ4v) is 2.15. The van der Waals surface area contributed by atoms with Gasteiger partial charge in [0.05, 0.1) is 17.6 Å². The first-order chi connectivity index (χ1) is 7.56. The van der Waals surface area contributed by atoms with Crippen molar-refractivity contribution < 1.29 is 9.21 Å². The third-order valence-corrected chi connectivity index (χ3v) is 4.04. The number of hydrogen-bond acceptors (Lipinski definition) is 4. The monoisotopic (exact) mass is 242 g/mol. The summed E-state index contributed by atoms with van der Waals surface area (Å²) in [6, 6.07) is 1.64. The van der Waals surface area contributed by atoms with E-state index >= 15 is 0 Å². The number of carbonyl (C=O) groups excluding carboxylic acids is 1. The average Bonchev–Trinajstić information content (AvgIpc) is 2.72. The number of nitrogens with two attached hydrogens (primary N) is 1. The number of amides is 1. The molecule has 1 rings (SSSR count). The molecule has 0 aliphatic rings. The molecule has 1 aromatic heterocycles. The molecule has 1 unspecified atom stereocenters. The van der Waals surface area contributed by atoms with E-state index in [9.17, 15) is 4.79 Å². The largest absolute Gasteiger partial charge is 0.468 e. The maximum Gasteiger partial charge on any atom is 0.268 e. The van der Waals surface area contributed by atoms with Crippen LogP contribution in [0, 0.1) is 5.92 Å². The molecular formula is C11H18N2O2S. The first-order valence-electron chi connectivity index (χ1n) is 5.25. The van der Waals surface area contributed by atoms with Gasteiger partial charge in [0, 0.05) is 5.25 Å². The molecule has 1 atom stereocenters. The lowest BCUT2D eigenvalue weighted by molar-refractivity contribution is 0.0952.